The number of halogens is 1. The molecule has 1 fully saturated rings. The SMILES string of the molecule is CN(C)c1ncc(-c2cccc(F)c2)c(C2CCCN(S(=O)(=O)N(C)C)C2)n1. The van der Waals surface area contributed by atoms with E-state index in [4.69, 9.17) is 4.98 Å². The maximum Gasteiger partial charge on any atom is 0.281 e. The summed E-state index contributed by atoms with van der Waals surface area (Å²) in [4.78, 5) is 10.9. The van der Waals surface area contributed by atoms with Crippen molar-refractivity contribution in [2.45, 2.75) is 18.8 Å². The second-order valence-corrected chi connectivity index (χ2v) is 9.50. The summed E-state index contributed by atoms with van der Waals surface area (Å²) >= 11 is 0. The van der Waals surface area contributed by atoms with Crippen LogP contribution in [0.25, 0.3) is 11.1 Å². The number of rotatable bonds is 5. The van der Waals surface area contributed by atoms with Gasteiger partial charge in [0.1, 0.15) is 5.82 Å². The molecular weight excluding hydrogens is 381 g/mol. The van der Waals surface area contributed by atoms with Crippen LogP contribution in [0.15, 0.2) is 30.5 Å². The predicted octanol–water partition coefficient (Wildman–Crippen LogP) is 2.33. The normalized spacial score (nSPS) is 18.4. The first kappa shape index (κ1) is 20.6. The first-order valence-corrected chi connectivity index (χ1v) is 10.6. The summed E-state index contributed by atoms with van der Waals surface area (Å²) in [6.07, 6.45) is 3.25. The van der Waals surface area contributed by atoms with Gasteiger partial charge in [-0.3, -0.25) is 0 Å². The first-order valence-electron chi connectivity index (χ1n) is 9.18. The van der Waals surface area contributed by atoms with Crippen molar-refractivity contribution in [3.63, 3.8) is 0 Å². The van der Waals surface area contributed by atoms with Gasteiger partial charge in [0.15, 0.2) is 0 Å². The lowest BCUT2D eigenvalue weighted by Gasteiger charge is -2.34. The summed E-state index contributed by atoms with van der Waals surface area (Å²) in [6, 6.07) is 6.31. The average Bonchev–Trinajstić information content (AvgIpc) is 2.67. The van der Waals surface area contributed by atoms with E-state index in [1.807, 2.05) is 20.2 Å². The molecule has 0 saturated carbocycles. The van der Waals surface area contributed by atoms with Gasteiger partial charge in [-0.15, -0.1) is 0 Å². The second-order valence-electron chi connectivity index (χ2n) is 7.36. The summed E-state index contributed by atoms with van der Waals surface area (Å²) in [5.74, 6) is 0.117. The van der Waals surface area contributed by atoms with Crippen LogP contribution in [0.5, 0.6) is 0 Å². The van der Waals surface area contributed by atoms with E-state index >= 15 is 0 Å². The Morgan fingerprint density at radius 1 is 1.21 bits per heavy atom. The van der Waals surface area contributed by atoms with E-state index in [1.165, 1.54) is 34.8 Å². The molecule has 2 heterocycles. The highest BCUT2D eigenvalue weighted by molar-refractivity contribution is 7.86. The number of hydrogen-bond donors (Lipinski definition) is 0. The maximum atomic E-state index is 13.8. The maximum absolute atomic E-state index is 13.8. The van der Waals surface area contributed by atoms with Crippen LogP contribution in [0.2, 0.25) is 0 Å². The smallest absolute Gasteiger partial charge is 0.281 e. The van der Waals surface area contributed by atoms with Crippen molar-refractivity contribution in [3.05, 3.63) is 42.0 Å². The van der Waals surface area contributed by atoms with Gasteiger partial charge in [-0.2, -0.15) is 17.0 Å². The van der Waals surface area contributed by atoms with Crippen LogP contribution in [0.1, 0.15) is 24.5 Å². The van der Waals surface area contributed by atoms with Gasteiger partial charge in [-0.05, 0) is 30.5 Å². The number of anilines is 1. The molecule has 1 saturated heterocycles. The van der Waals surface area contributed by atoms with E-state index in [-0.39, 0.29) is 11.7 Å². The summed E-state index contributed by atoms with van der Waals surface area (Å²) in [5, 5.41) is 0. The van der Waals surface area contributed by atoms with Gasteiger partial charge >= 0.3 is 0 Å². The molecule has 0 radical (unpaired) electrons. The molecule has 1 aliphatic heterocycles. The van der Waals surface area contributed by atoms with Gasteiger partial charge in [0.2, 0.25) is 5.95 Å². The van der Waals surface area contributed by atoms with E-state index in [2.05, 4.69) is 4.98 Å². The van der Waals surface area contributed by atoms with Gasteiger partial charge in [-0.1, -0.05) is 12.1 Å². The van der Waals surface area contributed by atoms with Crippen LogP contribution in [0.3, 0.4) is 0 Å². The number of piperidine rings is 1. The average molecular weight is 408 g/mol. The van der Waals surface area contributed by atoms with Crippen LogP contribution in [-0.2, 0) is 10.2 Å². The van der Waals surface area contributed by atoms with Crippen LogP contribution >= 0.6 is 0 Å². The van der Waals surface area contributed by atoms with Crippen molar-refractivity contribution in [2.24, 2.45) is 0 Å². The summed E-state index contributed by atoms with van der Waals surface area (Å²) < 4.78 is 41.7. The number of aromatic nitrogens is 2. The highest BCUT2D eigenvalue weighted by Gasteiger charge is 2.33. The number of benzene rings is 1. The van der Waals surface area contributed by atoms with Crippen molar-refractivity contribution in [2.75, 3.05) is 46.2 Å². The minimum atomic E-state index is -3.50. The van der Waals surface area contributed by atoms with Gasteiger partial charge < -0.3 is 4.90 Å². The Bertz CT molecular complexity index is 949. The minimum Gasteiger partial charge on any atom is -0.347 e. The van der Waals surface area contributed by atoms with E-state index in [0.29, 0.717) is 24.6 Å². The van der Waals surface area contributed by atoms with Crippen molar-refractivity contribution in [1.82, 2.24) is 18.6 Å². The highest BCUT2D eigenvalue weighted by Crippen LogP contribution is 2.35. The Morgan fingerprint density at radius 3 is 2.61 bits per heavy atom. The summed E-state index contributed by atoms with van der Waals surface area (Å²) in [6.45, 7) is 0.824. The first-order chi connectivity index (χ1) is 13.2. The lowest BCUT2D eigenvalue weighted by Crippen LogP contribution is -2.45. The molecule has 2 aromatic rings. The molecule has 1 unspecified atom stereocenters. The van der Waals surface area contributed by atoms with Crippen LogP contribution in [0, 0.1) is 5.82 Å². The van der Waals surface area contributed by atoms with Gasteiger partial charge in [0, 0.05) is 59.0 Å². The third-order valence-electron chi connectivity index (χ3n) is 4.90. The Labute approximate surface area is 166 Å². The lowest BCUT2D eigenvalue weighted by molar-refractivity contribution is 0.296. The number of hydrogen-bond acceptors (Lipinski definition) is 5. The van der Waals surface area contributed by atoms with E-state index in [9.17, 15) is 12.8 Å². The van der Waals surface area contributed by atoms with Crippen molar-refractivity contribution in [3.8, 4) is 11.1 Å². The molecule has 3 rings (SSSR count). The van der Waals surface area contributed by atoms with Crippen molar-refractivity contribution < 1.29 is 12.8 Å². The third-order valence-corrected chi connectivity index (χ3v) is 6.81. The summed E-state index contributed by atoms with van der Waals surface area (Å²) in [7, 11) is 3.27. The molecule has 152 valence electrons. The Morgan fingerprint density at radius 2 is 1.96 bits per heavy atom. The zero-order valence-electron chi connectivity index (χ0n) is 16.6. The Balaban J connectivity index is 2.05. The van der Waals surface area contributed by atoms with Crippen LogP contribution < -0.4 is 4.90 Å². The zero-order chi connectivity index (χ0) is 20.5. The summed E-state index contributed by atoms with van der Waals surface area (Å²) in [5.41, 5.74) is 2.18. The highest BCUT2D eigenvalue weighted by atomic mass is 32.2. The molecule has 1 atom stereocenters. The molecule has 1 aliphatic rings. The van der Waals surface area contributed by atoms with E-state index < -0.39 is 10.2 Å². The lowest BCUT2D eigenvalue weighted by atomic mass is 9.91. The Kier molecular flexibility index (Phi) is 5.97. The van der Waals surface area contributed by atoms with Crippen LogP contribution in [-0.4, -0.2) is 68.3 Å². The molecule has 0 bridgehead atoms. The third kappa shape index (κ3) is 4.16. The molecule has 28 heavy (non-hydrogen) atoms. The van der Waals surface area contributed by atoms with Crippen LogP contribution in [0.4, 0.5) is 10.3 Å². The molecular formula is C19H26FN5O2S. The Hall–Kier alpha value is -2.10. The topological polar surface area (TPSA) is 69.6 Å². The van der Waals surface area contributed by atoms with E-state index in [1.54, 1.807) is 17.2 Å². The largest absolute Gasteiger partial charge is 0.347 e. The van der Waals surface area contributed by atoms with E-state index in [0.717, 1.165) is 24.1 Å². The molecule has 0 spiro atoms. The second kappa shape index (κ2) is 8.10. The fourth-order valence-electron chi connectivity index (χ4n) is 3.40. The zero-order valence-corrected chi connectivity index (χ0v) is 17.4. The molecule has 0 aliphatic carbocycles. The standard InChI is InChI=1S/C19H26FN5O2S/c1-23(2)19-21-12-17(14-7-5-9-16(20)11-14)18(22-19)15-8-6-10-25(13-15)28(26,27)24(3)4/h5,7,9,11-12,15H,6,8,10,13H2,1-4H3. The minimum absolute atomic E-state index is 0.0940. The van der Waals surface area contributed by atoms with Crippen molar-refractivity contribution in [1.29, 1.82) is 0 Å². The fraction of sp³-hybridized carbons (Fsp3) is 0.474. The molecule has 1 aromatic heterocycles. The predicted molar refractivity (Wildman–Crippen MR) is 108 cm³/mol. The monoisotopic (exact) mass is 407 g/mol. The van der Waals surface area contributed by atoms with Gasteiger partial charge in [0.25, 0.3) is 10.2 Å². The molecule has 0 amide bonds. The quantitative estimate of drug-likeness (QED) is 0.761. The fourth-order valence-corrected chi connectivity index (χ4v) is 4.59. The van der Waals surface area contributed by atoms with Gasteiger partial charge in [0.05, 0.1) is 5.69 Å². The molecule has 9 heteroatoms. The van der Waals surface area contributed by atoms with Gasteiger partial charge in [-0.25, -0.2) is 14.4 Å². The van der Waals surface area contributed by atoms with Crippen molar-refractivity contribution >= 4 is 16.2 Å². The number of nitrogens with zero attached hydrogens (tertiary/aromatic N) is 5. The molecule has 7 nitrogen and oxygen atoms in total. The molecule has 1 aromatic carbocycles. The molecule has 0 N–H and O–H groups in total.